The Morgan fingerprint density at radius 2 is 1.89 bits per heavy atom. The highest BCUT2D eigenvalue weighted by Crippen LogP contribution is 2.34. The number of hydrogen-bond donors (Lipinski definition) is 1. The third-order valence-electron chi connectivity index (χ3n) is 3.23. The van der Waals surface area contributed by atoms with Crippen LogP contribution in [0.2, 0.25) is 0 Å². The van der Waals surface area contributed by atoms with Crippen LogP contribution in [0.3, 0.4) is 0 Å². The van der Waals surface area contributed by atoms with Crippen molar-refractivity contribution in [3.05, 3.63) is 33.4 Å². The number of benzene rings is 1. The van der Waals surface area contributed by atoms with Crippen molar-refractivity contribution in [1.29, 1.82) is 0 Å². The molecule has 1 aromatic carbocycles. The van der Waals surface area contributed by atoms with Crippen molar-refractivity contribution in [3.63, 3.8) is 0 Å². The van der Waals surface area contributed by atoms with Crippen molar-refractivity contribution in [2.45, 2.75) is 20.4 Å². The first kappa shape index (κ1) is 14.1. The Morgan fingerprint density at radius 1 is 1.32 bits per heavy atom. The predicted molar refractivity (Wildman–Crippen MR) is 80.3 cm³/mol. The smallest absolute Gasteiger partial charge is 0.124 e. The first-order valence-corrected chi connectivity index (χ1v) is 6.86. The average molecular weight is 324 g/mol. The average Bonchev–Trinajstić information content (AvgIpc) is 2.64. The van der Waals surface area contributed by atoms with Crippen LogP contribution in [0.5, 0.6) is 5.75 Å². The molecule has 0 spiro atoms. The van der Waals surface area contributed by atoms with Gasteiger partial charge in [0.2, 0.25) is 0 Å². The molecule has 0 radical (unpaired) electrons. The lowest BCUT2D eigenvalue weighted by molar-refractivity contribution is 0.408. The molecule has 1 aromatic heterocycles. The summed E-state index contributed by atoms with van der Waals surface area (Å²) in [5.74, 6) is 0.926. The number of nitrogens with two attached hydrogens (primary N) is 1. The Bertz CT molecular complexity index is 596. The molecular formula is C14H18BrN3O. The standard InChI is InChI=1S/C14H18BrN3O/c1-8-5-10(6-9(2)14(8)19-4)13-12(15)11(7-16)18(3)17-13/h5-6H,7,16H2,1-4H3. The maximum absolute atomic E-state index is 5.74. The van der Waals surface area contributed by atoms with Gasteiger partial charge in [0, 0.05) is 19.2 Å². The zero-order chi connectivity index (χ0) is 14.2. The van der Waals surface area contributed by atoms with Gasteiger partial charge in [-0.2, -0.15) is 5.10 Å². The van der Waals surface area contributed by atoms with E-state index < -0.39 is 0 Å². The molecular weight excluding hydrogens is 306 g/mol. The van der Waals surface area contributed by atoms with Gasteiger partial charge in [0.05, 0.1) is 17.3 Å². The molecule has 102 valence electrons. The summed E-state index contributed by atoms with van der Waals surface area (Å²) in [7, 11) is 3.60. The number of rotatable bonds is 3. The highest BCUT2D eigenvalue weighted by atomic mass is 79.9. The zero-order valence-corrected chi connectivity index (χ0v) is 13.2. The van der Waals surface area contributed by atoms with Gasteiger partial charge >= 0.3 is 0 Å². The molecule has 0 aliphatic heterocycles. The lowest BCUT2D eigenvalue weighted by atomic mass is 10.0. The van der Waals surface area contributed by atoms with Crippen LogP contribution in [0.1, 0.15) is 16.8 Å². The van der Waals surface area contributed by atoms with Gasteiger partial charge in [0.15, 0.2) is 0 Å². The fourth-order valence-corrected chi connectivity index (χ4v) is 3.07. The molecule has 0 amide bonds. The summed E-state index contributed by atoms with van der Waals surface area (Å²) in [6.07, 6.45) is 0. The van der Waals surface area contributed by atoms with Crippen LogP contribution in [-0.4, -0.2) is 16.9 Å². The normalized spacial score (nSPS) is 10.8. The van der Waals surface area contributed by atoms with Gasteiger partial charge < -0.3 is 10.5 Å². The van der Waals surface area contributed by atoms with Gasteiger partial charge in [0.1, 0.15) is 11.4 Å². The van der Waals surface area contributed by atoms with Crippen LogP contribution < -0.4 is 10.5 Å². The number of aryl methyl sites for hydroxylation is 3. The highest BCUT2D eigenvalue weighted by molar-refractivity contribution is 9.10. The van der Waals surface area contributed by atoms with Crippen LogP contribution >= 0.6 is 15.9 Å². The van der Waals surface area contributed by atoms with E-state index in [2.05, 4.69) is 33.2 Å². The van der Waals surface area contributed by atoms with Crippen LogP contribution in [0.4, 0.5) is 0 Å². The lowest BCUT2D eigenvalue weighted by Crippen LogP contribution is -2.04. The maximum Gasteiger partial charge on any atom is 0.124 e. The molecule has 5 heteroatoms. The van der Waals surface area contributed by atoms with Gasteiger partial charge in [0.25, 0.3) is 0 Å². The molecule has 0 aliphatic rings. The number of hydrogen-bond acceptors (Lipinski definition) is 3. The highest BCUT2D eigenvalue weighted by Gasteiger charge is 2.16. The number of nitrogens with zero attached hydrogens (tertiary/aromatic N) is 2. The van der Waals surface area contributed by atoms with E-state index in [9.17, 15) is 0 Å². The fourth-order valence-electron chi connectivity index (χ4n) is 2.35. The van der Waals surface area contributed by atoms with Crippen LogP contribution in [0.25, 0.3) is 11.3 Å². The Hall–Kier alpha value is -1.33. The van der Waals surface area contributed by atoms with Crippen molar-refractivity contribution >= 4 is 15.9 Å². The second-order valence-corrected chi connectivity index (χ2v) is 5.37. The Morgan fingerprint density at radius 3 is 2.32 bits per heavy atom. The summed E-state index contributed by atoms with van der Waals surface area (Å²) in [5, 5.41) is 4.54. The Labute approximate surface area is 121 Å². The van der Waals surface area contributed by atoms with Gasteiger partial charge in [-0.15, -0.1) is 0 Å². The van der Waals surface area contributed by atoms with Gasteiger partial charge in [-0.3, -0.25) is 4.68 Å². The molecule has 0 saturated carbocycles. The first-order chi connectivity index (χ1) is 8.99. The molecule has 0 aliphatic carbocycles. The summed E-state index contributed by atoms with van der Waals surface area (Å²) >= 11 is 3.59. The quantitative estimate of drug-likeness (QED) is 0.944. The molecule has 0 atom stereocenters. The minimum Gasteiger partial charge on any atom is -0.496 e. The van der Waals surface area contributed by atoms with Gasteiger partial charge in [-0.05, 0) is 53.0 Å². The number of aromatic nitrogens is 2. The summed E-state index contributed by atoms with van der Waals surface area (Å²) in [6.45, 7) is 4.53. The number of halogens is 1. The maximum atomic E-state index is 5.74. The molecule has 4 nitrogen and oxygen atoms in total. The topological polar surface area (TPSA) is 53.1 Å². The van der Waals surface area contributed by atoms with E-state index in [1.807, 2.05) is 25.6 Å². The molecule has 19 heavy (non-hydrogen) atoms. The van der Waals surface area contributed by atoms with Crippen LogP contribution in [-0.2, 0) is 13.6 Å². The zero-order valence-electron chi connectivity index (χ0n) is 11.6. The van der Waals surface area contributed by atoms with E-state index in [0.29, 0.717) is 6.54 Å². The fraction of sp³-hybridized carbons (Fsp3) is 0.357. The monoisotopic (exact) mass is 323 g/mol. The third-order valence-corrected chi connectivity index (χ3v) is 4.07. The Kier molecular flexibility index (Phi) is 3.96. The van der Waals surface area contributed by atoms with Gasteiger partial charge in [-0.25, -0.2) is 0 Å². The third kappa shape index (κ3) is 2.40. The van der Waals surface area contributed by atoms with Crippen molar-refractivity contribution in [3.8, 4) is 17.0 Å². The van der Waals surface area contributed by atoms with Crippen molar-refractivity contribution in [2.75, 3.05) is 7.11 Å². The summed E-state index contributed by atoms with van der Waals surface area (Å²) in [4.78, 5) is 0. The van der Waals surface area contributed by atoms with E-state index in [4.69, 9.17) is 10.5 Å². The van der Waals surface area contributed by atoms with Crippen LogP contribution in [0, 0.1) is 13.8 Å². The van der Waals surface area contributed by atoms with E-state index in [0.717, 1.165) is 38.3 Å². The first-order valence-electron chi connectivity index (χ1n) is 6.06. The largest absolute Gasteiger partial charge is 0.496 e. The molecule has 0 saturated heterocycles. The second kappa shape index (κ2) is 5.35. The summed E-state index contributed by atoms with van der Waals surface area (Å²) in [6, 6.07) is 4.17. The predicted octanol–water partition coefficient (Wildman–Crippen LogP) is 2.93. The molecule has 0 bridgehead atoms. The van der Waals surface area contributed by atoms with Crippen molar-refractivity contribution < 1.29 is 4.74 Å². The molecule has 2 aromatic rings. The van der Waals surface area contributed by atoms with Crippen molar-refractivity contribution in [1.82, 2.24) is 9.78 Å². The minimum atomic E-state index is 0.457. The second-order valence-electron chi connectivity index (χ2n) is 4.58. The molecule has 0 unspecified atom stereocenters. The van der Waals surface area contributed by atoms with E-state index in [1.165, 1.54) is 0 Å². The van der Waals surface area contributed by atoms with E-state index in [-0.39, 0.29) is 0 Å². The minimum absolute atomic E-state index is 0.457. The van der Waals surface area contributed by atoms with E-state index in [1.54, 1.807) is 7.11 Å². The molecule has 2 rings (SSSR count). The van der Waals surface area contributed by atoms with Crippen LogP contribution in [0.15, 0.2) is 16.6 Å². The molecule has 1 heterocycles. The summed E-state index contributed by atoms with van der Waals surface area (Å²) < 4.78 is 8.16. The summed E-state index contributed by atoms with van der Waals surface area (Å²) in [5.41, 5.74) is 10.9. The Balaban J connectivity index is 2.60. The number of methoxy groups -OCH3 is 1. The van der Waals surface area contributed by atoms with E-state index >= 15 is 0 Å². The molecule has 0 fully saturated rings. The van der Waals surface area contributed by atoms with Gasteiger partial charge in [-0.1, -0.05) is 0 Å². The lowest BCUT2D eigenvalue weighted by Gasteiger charge is -2.10. The number of ether oxygens (including phenoxy) is 1. The SMILES string of the molecule is COc1c(C)cc(-c2nn(C)c(CN)c2Br)cc1C. The molecule has 2 N–H and O–H groups in total. The van der Waals surface area contributed by atoms with Crippen molar-refractivity contribution in [2.24, 2.45) is 12.8 Å².